The number of pyridine rings is 1. The lowest BCUT2D eigenvalue weighted by Crippen LogP contribution is -2.31. The summed E-state index contributed by atoms with van der Waals surface area (Å²) in [5, 5.41) is 4.99. The minimum Gasteiger partial charge on any atom is -0.382 e. The fourth-order valence-electron chi connectivity index (χ4n) is 3.55. The lowest BCUT2D eigenvalue weighted by atomic mass is 9.71. The highest BCUT2D eigenvalue weighted by molar-refractivity contribution is 5.91. The van der Waals surface area contributed by atoms with E-state index in [0.717, 1.165) is 11.4 Å². The molecular formula is C19H26N2. The van der Waals surface area contributed by atoms with Crippen LogP contribution in [-0.2, 0) is 0 Å². The summed E-state index contributed by atoms with van der Waals surface area (Å²) in [4.78, 5) is 4.44. The van der Waals surface area contributed by atoms with Crippen LogP contribution < -0.4 is 5.32 Å². The van der Waals surface area contributed by atoms with Crippen LogP contribution in [0.5, 0.6) is 0 Å². The van der Waals surface area contributed by atoms with Gasteiger partial charge in [0.05, 0.1) is 5.52 Å². The van der Waals surface area contributed by atoms with Crippen LogP contribution in [0.1, 0.15) is 46.5 Å². The fourth-order valence-corrected chi connectivity index (χ4v) is 3.55. The third kappa shape index (κ3) is 3.20. The molecule has 0 bridgehead atoms. The van der Waals surface area contributed by atoms with Crippen LogP contribution in [-0.4, -0.2) is 11.0 Å². The van der Waals surface area contributed by atoms with Crippen molar-refractivity contribution in [2.45, 2.75) is 52.5 Å². The molecule has 0 saturated heterocycles. The summed E-state index contributed by atoms with van der Waals surface area (Å²) in [5.41, 5.74) is 2.76. The number of hydrogen-bond acceptors (Lipinski definition) is 2. The Morgan fingerprint density at radius 2 is 1.76 bits per heavy atom. The molecule has 2 heteroatoms. The van der Waals surface area contributed by atoms with Crippen molar-refractivity contribution in [1.82, 2.24) is 4.98 Å². The number of anilines is 1. The summed E-state index contributed by atoms with van der Waals surface area (Å²) in [7, 11) is 0. The standard InChI is InChI=1S/C19H26N2/c1-19(2,3)14-9-11-15(12-10-14)21-18-8-4-7-17-16(18)6-5-13-20-17/h4-8,13-15,21H,9-12H2,1-3H3. The Balaban J connectivity index is 1.70. The van der Waals surface area contributed by atoms with Gasteiger partial charge in [-0.25, -0.2) is 0 Å². The molecule has 1 N–H and O–H groups in total. The molecule has 112 valence electrons. The van der Waals surface area contributed by atoms with Gasteiger partial charge in [-0.05, 0) is 61.3 Å². The molecular weight excluding hydrogens is 256 g/mol. The average Bonchev–Trinajstić information content (AvgIpc) is 2.47. The van der Waals surface area contributed by atoms with Gasteiger partial charge in [0, 0.05) is 23.3 Å². The minimum atomic E-state index is 0.453. The Bertz CT molecular complexity index is 599. The van der Waals surface area contributed by atoms with E-state index in [4.69, 9.17) is 0 Å². The van der Waals surface area contributed by atoms with E-state index in [1.807, 2.05) is 12.3 Å². The molecule has 0 radical (unpaired) electrons. The van der Waals surface area contributed by atoms with Gasteiger partial charge < -0.3 is 5.32 Å². The van der Waals surface area contributed by atoms with Gasteiger partial charge in [-0.15, -0.1) is 0 Å². The molecule has 2 aromatic rings. The highest BCUT2D eigenvalue weighted by atomic mass is 14.9. The number of rotatable bonds is 2. The molecule has 0 atom stereocenters. The van der Waals surface area contributed by atoms with Gasteiger partial charge in [0.2, 0.25) is 0 Å². The number of nitrogens with one attached hydrogen (secondary N) is 1. The van der Waals surface area contributed by atoms with Gasteiger partial charge >= 0.3 is 0 Å². The normalized spacial score (nSPS) is 23.2. The molecule has 1 fully saturated rings. The van der Waals surface area contributed by atoms with E-state index in [1.54, 1.807) is 0 Å². The monoisotopic (exact) mass is 282 g/mol. The van der Waals surface area contributed by atoms with Crippen LogP contribution in [0, 0.1) is 11.3 Å². The SMILES string of the molecule is CC(C)(C)C1CCC(Nc2cccc3ncccc23)CC1. The van der Waals surface area contributed by atoms with E-state index in [1.165, 1.54) is 36.8 Å². The van der Waals surface area contributed by atoms with Gasteiger partial charge in [0.15, 0.2) is 0 Å². The van der Waals surface area contributed by atoms with Gasteiger partial charge in [0.1, 0.15) is 0 Å². The second kappa shape index (κ2) is 5.67. The number of aromatic nitrogens is 1. The number of fused-ring (bicyclic) bond motifs is 1. The van der Waals surface area contributed by atoms with Crippen molar-refractivity contribution in [3.05, 3.63) is 36.5 Å². The van der Waals surface area contributed by atoms with Crippen LogP contribution in [0.3, 0.4) is 0 Å². The molecule has 1 aromatic carbocycles. The van der Waals surface area contributed by atoms with Crippen molar-refractivity contribution in [1.29, 1.82) is 0 Å². The van der Waals surface area contributed by atoms with Crippen molar-refractivity contribution >= 4 is 16.6 Å². The molecule has 21 heavy (non-hydrogen) atoms. The zero-order chi connectivity index (χ0) is 14.9. The van der Waals surface area contributed by atoms with Gasteiger partial charge in [-0.2, -0.15) is 0 Å². The van der Waals surface area contributed by atoms with E-state index in [0.29, 0.717) is 11.5 Å². The van der Waals surface area contributed by atoms with Crippen LogP contribution >= 0.6 is 0 Å². The van der Waals surface area contributed by atoms with E-state index in [2.05, 4.69) is 55.3 Å². The predicted octanol–water partition coefficient (Wildman–Crippen LogP) is 5.25. The van der Waals surface area contributed by atoms with Gasteiger partial charge in [0.25, 0.3) is 0 Å². The molecule has 2 nitrogen and oxygen atoms in total. The van der Waals surface area contributed by atoms with E-state index >= 15 is 0 Å². The predicted molar refractivity (Wildman–Crippen MR) is 90.6 cm³/mol. The van der Waals surface area contributed by atoms with E-state index < -0.39 is 0 Å². The van der Waals surface area contributed by atoms with Crippen LogP contribution in [0.25, 0.3) is 10.9 Å². The quantitative estimate of drug-likeness (QED) is 0.813. The van der Waals surface area contributed by atoms with Crippen LogP contribution in [0.15, 0.2) is 36.5 Å². The summed E-state index contributed by atoms with van der Waals surface area (Å²) < 4.78 is 0. The summed E-state index contributed by atoms with van der Waals surface area (Å²) >= 11 is 0. The topological polar surface area (TPSA) is 24.9 Å². The van der Waals surface area contributed by atoms with Crippen molar-refractivity contribution in [3.8, 4) is 0 Å². The maximum atomic E-state index is 4.44. The van der Waals surface area contributed by atoms with Crippen molar-refractivity contribution in [3.63, 3.8) is 0 Å². The third-order valence-corrected chi connectivity index (χ3v) is 4.96. The second-order valence-electron chi connectivity index (χ2n) is 7.43. The third-order valence-electron chi connectivity index (χ3n) is 4.96. The maximum absolute atomic E-state index is 4.44. The Morgan fingerprint density at radius 3 is 2.48 bits per heavy atom. The van der Waals surface area contributed by atoms with E-state index in [-0.39, 0.29) is 0 Å². The highest BCUT2D eigenvalue weighted by Gasteiger charge is 2.29. The number of hydrogen-bond donors (Lipinski definition) is 1. The first-order valence-electron chi connectivity index (χ1n) is 8.14. The van der Waals surface area contributed by atoms with E-state index in [9.17, 15) is 0 Å². The first kappa shape index (κ1) is 14.4. The van der Waals surface area contributed by atoms with Crippen molar-refractivity contribution in [2.24, 2.45) is 11.3 Å². The largest absolute Gasteiger partial charge is 0.382 e. The zero-order valence-electron chi connectivity index (χ0n) is 13.4. The molecule has 0 spiro atoms. The Morgan fingerprint density at radius 1 is 1.00 bits per heavy atom. The lowest BCUT2D eigenvalue weighted by Gasteiger charge is -2.37. The summed E-state index contributed by atoms with van der Waals surface area (Å²) in [6, 6.07) is 11.1. The number of benzene rings is 1. The molecule has 3 rings (SSSR count). The fraction of sp³-hybridized carbons (Fsp3) is 0.526. The Labute approximate surface area is 128 Å². The molecule has 1 aliphatic carbocycles. The summed E-state index contributed by atoms with van der Waals surface area (Å²) in [6.45, 7) is 7.13. The maximum Gasteiger partial charge on any atom is 0.0722 e. The highest BCUT2D eigenvalue weighted by Crippen LogP contribution is 2.38. The molecule has 0 unspecified atom stereocenters. The van der Waals surface area contributed by atoms with Crippen LogP contribution in [0.4, 0.5) is 5.69 Å². The summed E-state index contributed by atoms with van der Waals surface area (Å²) in [6.07, 6.45) is 7.09. The smallest absolute Gasteiger partial charge is 0.0722 e. The average molecular weight is 282 g/mol. The first-order chi connectivity index (χ1) is 10.0. The Kier molecular flexibility index (Phi) is 3.88. The van der Waals surface area contributed by atoms with Gasteiger partial charge in [-0.1, -0.05) is 26.8 Å². The summed E-state index contributed by atoms with van der Waals surface area (Å²) in [5.74, 6) is 0.865. The van der Waals surface area contributed by atoms with Crippen molar-refractivity contribution in [2.75, 3.05) is 5.32 Å². The molecule has 1 aromatic heterocycles. The zero-order valence-corrected chi connectivity index (χ0v) is 13.4. The lowest BCUT2D eigenvalue weighted by molar-refractivity contribution is 0.173. The first-order valence-corrected chi connectivity index (χ1v) is 8.14. The van der Waals surface area contributed by atoms with Gasteiger partial charge in [-0.3, -0.25) is 4.98 Å². The molecule has 1 aliphatic rings. The molecule has 1 saturated carbocycles. The Hall–Kier alpha value is -1.57. The second-order valence-corrected chi connectivity index (χ2v) is 7.43. The molecule has 0 amide bonds. The molecule has 1 heterocycles. The molecule has 0 aliphatic heterocycles. The minimum absolute atomic E-state index is 0.453. The van der Waals surface area contributed by atoms with Crippen molar-refractivity contribution < 1.29 is 0 Å². The number of nitrogens with zero attached hydrogens (tertiary/aromatic N) is 1. The van der Waals surface area contributed by atoms with Crippen LogP contribution in [0.2, 0.25) is 0 Å².